The highest BCUT2D eigenvalue weighted by Crippen LogP contribution is 2.27. The summed E-state index contributed by atoms with van der Waals surface area (Å²) in [4.78, 5) is 14.6. The monoisotopic (exact) mass is 284 g/mol. The molecular formula is C15H28N2OS. The summed E-state index contributed by atoms with van der Waals surface area (Å²) in [5, 5.41) is 3.53. The molecule has 2 aliphatic rings. The van der Waals surface area contributed by atoms with Gasteiger partial charge in [-0.1, -0.05) is 20.8 Å². The van der Waals surface area contributed by atoms with Crippen molar-refractivity contribution in [3.05, 3.63) is 0 Å². The van der Waals surface area contributed by atoms with Crippen molar-refractivity contribution >= 4 is 17.7 Å². The molecule has 0 aromatic heterocycles. The van der Waals surface area contributed by atoms with E-state index in [-0.39, 0.29) is 12.2 Å². The van der Waals surface area contributed by atoms with Crippen LogP contribution in [-0.2, 0) is 4.79 Å². The van der Waals surface area contributed by atoms with Crippen molar-refractivity contribution in [2.24, 2.45) is 11.8 Å². The minimum absolute atomic E-state index is 0.0571. The number of hydrogen-bond donors (Lipinski definition) is 1. The molecular weight excluding hydrogens is 256 g/mol. The summed E-state index contributed by atoms with van der Waals surface area (Å²) in [6.07, 6.45) is 4.81. The fourth-order valence-corrected chi connectivity index (χ4v) is 4.31. The van der Waals surface area contributed by atoms with E-state index in [1.165, 1.54) is 24.3 Å². The van der Waals surface area contributed by atoms with E-state index in [0.717, 1.165) is 25.3 Å². The van der Waals surface area contributed by atoms with Crippen LogP contribution in [0.1, 0.15) is 46.5 Å². The molecule has 0 spiro atoms. The van der Waals surface area contributed by atoms with Crippen LogP contribution in [0.5, 0.6) is 0 Å². The maximum absolute atomic E-state index is 12.5. The average molecular weight is 284 g/mol. The molecule has 2 saturated heterocycles. The van der Waals surface area contributed by atoms with Crippen molar-refractivity contribution in [2.75, 3.05) is 18.1 Å². The first-order chi connectivity index (χ1) is 9.11. The number of carbonyl (C=O) groups is 1. The van der Waals surface area contributed by atoms with Gasteiger partial charge in [-0.05, 0) is 49.0 Å². The molecule has 110 valence electrons. The molecule has 2 atom stereocenters. The quantitative estimate of drug-likeness (QED) is 0.842. The summed E-state index contributed by atoms with van der Waals surface area (Å²) in [7, 11) is 0. The topological polar surface area (TPSA) is 32.3 Å². The first kappa shape index (κ1) is 15.2. The Bertz CT molecular complexity index is 303. The Morgan fingerprint density at radius 2 is 2.05 bits per heavy atom. The second-order valence-corrected chi connectivity index (χ2v) is 7.54. The van der Waals surface area contributed by atoms with Crippen LogP contribution < -0.4 is 5.32 Å². The third kappa shape index (κ3) is 3.88. The van der Waals surface area contributed by atoms with E-state index < -0.39 is 0 Å². The van der Waals surface area contributed by atoms with Crippen LogP contribution >= 0.6 is 11.8 Å². The van der Waals surface area contributed by atoms with Gasteiger partial charge in [0.2, 0.25) is 5.91 Å². The number of nitrogens with one attached hydrogen (secondary N) is 1. The average Bonchev–Trinajstić information content (AvgIpc) is 2.67. The normalized spacial score (nSPS) is 29.5. The summed E-state index contributed by atoms with van der Waals surface area (Å²) >= 11 is 2.05. The van der Waals surface area contributed by atoms with Gasteiger partial charge < -0.3 is 4.90 Å². The third-order valence-corrected chi connectivity index (χ3v) is 5.30. The molecule has 2 aliphatic heterocycles. The van der Waals surface area contributed by atoms with E-state index >= 15 is 0 Å². The van der Waals surface area contributed by atoms with Crippen molar-refractivity contribution < 1.29 is 4.79 Å². The zero-order valence-electron chi connectivity index (χ0n) is 12.5. The van der Waals surface area contributed by atoms with Gasteiger partial charge in [-0.25, -0.2) is 0 Å². The zero-order valence-corrected chi connectivity index (χ0v) is 13.3. The molecule has 0 aliphatic carbocycles. The maximum atomic E-state index is 12.5. The summed E-state index contributed by atoms with van der Waals surface area (Å²) in [6, 6.07) is 0.0571. The van der Waals surface area contributed by atoms with Crippen molar-refractivity contribution in [1.29, 1.82) is 0 Å². The summed E-state index contributed by atoms with van der Waals surface area (Å²) in [5.41, 5.74) is 0. The first-order valence-electron chi connectivity index (χ1n) is 7.76. The Labute approximate surface area is 121 Å². The number of amides is 1. The lowest BCUT2D eigenvalue weighted by atomic mass is 10.0. The van der Waals surface area contributed by atoms with Gasteiger partial charge in [-0.15, -0.1) is 0 Å². The van der Waals surface area contributed by atoms with Gasteiger partial charge in [0.1, 0.15) is 0 Å². The lowest BCUT2D eigenvalue weighted by Gasteiger charge is -2.31. The smallest absolute Gasteiger partial charge is 0.241 e. The van der Waals surface area contributed by atoms with E-state index in [9.17, 15) is 4.79 Å². The predicted molar refractivity (Wildman–Crippen MR) is 82.2 cm³/mol. The highest BCUT2D eigenvalue weighted by atomic mass is 32.2. The number of nitrogens with zero attached hydrogens (tertiary/aromatic N) is 1. The Morgan fingerprint density at radius 1 is 1.37 bits per heavy atom. The Morgan fingerprint density at radius 3 is 2.63 bits per heavy atom. The molecule has 1 amide bonds. The second kappa shape index (κ2) is 6.98. The second-order valence-electron chi connectivity index (χ2n) is 6.32. The van der Waals surface area contributed by atoms with Gasteiger partial charge in [0.05, 0.1) is 12.2 Å². The molecule has 2 rings (SSSR count). The molecule has 0 aromatic carbocycles. The lowest BCUT2D eigenvalue weighted by molar-refractivity contribution is -0.130. The summed E-state index contributed by atoms with van der Waals surface area (Å²) in [6.45, 7) is 7.55. The highest BCUT2D eigenvalue weighted by Gasteiger charge is 2.38. The van der Waals surface area contributed by atoms with Gasteiger partial charge >= 0.3 is 0 Å². The Kier molecular flexibility index (Phi) is 5.58. The van der Waals surface area contributed by atoms with Gasteiger partial charge in [-0.2, -0.15) is 11.8 Å². The minimum atomic E-state index is 0.0571. The zero-order chi connectivity index (χ0) is 13.8. The van der Waals surface area contributed by atoms with Crippen LogP contribution in [0.25, 0.3) is 0 Å². The Hall–Kier alpha value is -0.220. The number of hydrogen-bond acceptors (Lipinski definition) is 3. The van der Waals surface area contributed by atoms with Crippen molar-refractivity contribution in [3.8, 4) is 0 Å². The molecule has 0 saturated carbocycles. The van der Waals surface area contributed by atoms with E-state index in [1.807, 2.05) is 0 Å². The predicted octanol–water partition coefficient (Wildman–Crippen LogP) is 2.71. The number of thioether (sulfide) groups is 1. The van der Waals surface area contributed by atoms with Crippen molar-refractivity contribution in [3.63, 3.8) is 0 Å². The number of rotatable bonds is 5. The molecule has 0 aromatic rings. The fraction of sp³-hybridized carbons (Fsp3) is 0.933. The van der Waals surface area contributed by atoms with Gasteiger partial charge in [0.15, 0.2) is 0 Å². The van der Waals surface area contributed by atoms with Crippen LogP contribution in [0, 0.1) is 11.8 Å². The molecule has 2 fully saturated rings. The van der Waals surface area contributed by atoms with E-state index in [4.69, 9.17) is 0 Å². The lowest BCUT2D eigenvalue weighted by Crippen LogP contribution is -2.41. The molecule has 4 heteroatoms. The SMILES string of the molecule is CCC1NC(CC(C)C)N(CC2CCSCC2)C1=O. The summed E-state index contributed by atoms with van der Waals surface area (Å²) in [5.74, 6) is 4.23. The van der Waals surface area contributed by atoms with E-state index in [1.54, 1.807) is 0 Å². The maximum Gasteiger partial charge on any atom is 0.241 e. The molecule has 2 heterocycles. The van der Waals surface area contributed by atoms with E-state index in [2.05, 4.69) is 42.7 Å². The molecule has 2 unspecified atom stereocenters. The molecule has 3 nitrogen and oxygen atoms in total. The molecule has 0 bridgehead atoms. The van der Waals surface area contributed by atoms with Crippen molar-refractivity contribution in [1.82, 2.24) is 10.2 Å². The van der Waals surface area contributed by atoms with Gasteiger partial charge in [-0.3, -0.25) is 10.1 Å². The largest absolute Gasteiger partial charge is 0.326 e. The first-order valence-corrected chi connectivity index (χ1v) is 8.91. The molecule has 19 heavy (non-hydrogen) atoms. The standard InChI is InChI=1S/C15H28N2OS/c1-4-13-15(18)17(14(16-13)9-11(2)3)10-12-5-7-19-8-6-12/h11-14,16H,4-10H2,1-3H3. The van der Waals surface area contributed by atoms with Crippen LogP contribution in [0.4, 0.5) is 0 Å². The van der Waals surface area contributed by atoms with Crippen LogP contribution in [0.15, 0.2) is 0 Å². The van der Waals surface area contributed by atoms with Crippen molar-refractivity contribution in [2.45, 2.75) is 58.7 Å². The number of carbonyl (C=O) groups excluding carboxylic acids is 1. The Balaban J connectivity index is 1.98. The van der Waals surface area contributed by atoms with Gasteiger partial charge in [0.25, 0.3) is 0 Å². The fourth-order valence-electron chi connectivity index (χ4n) is 3.11. The van der Waals surface area contributed by atoms with E-state index in [0.29, 0.717) is 11.8 Å². The molecule has 0 radical (unpaired) electrons. The van der Waals surface area contributed by atoms with Gasteiger partial charge in [0, 0.05) is 6.54 Å². The minimum Gasteiger partial charge on any atom is -0.326 e. The summed E-state index contributed by atoms with van der Waals surface area (Å²) < 4.78 is 0. The van der Waals surface area contributed by atoms with Crippen LogP contribution in [0.3, 0.4) is 0 Å². The third-order valence-electron chi connectivity index (χ3n) is 4.25. The van der Waals surface area contributed by atoms with Crippen LogP contribution in [0.2, 0.25) is 0 Å². The molecule has 1 N–H and O–H groups in total. The highest BCUT2D eigenvalue weighted by molar-refractivity contribution is 7.99. The van der Waals surface area contributed by atoms with Crippen LogP contribution in [-0.4, -0.2) is 41.1 Å².